The highest BCUT2D eigenvalue weighted by Crippen LogP contribution is 2.20. The summed E-state index contributed by atoms with van der Waals surface area (Å²) in [6, 6.07) is 8.73. The van der Waals surface area contributed by atoms with E-state index in [1.807, 2.05) is 16.8 Å². The number of tetrazole rings is 1. The van der Waals surface area contributed by atoms with E-state index in [4.69, 9.17) is 9.26 Å². The lowest BCUT2D eigenvalue weighted by atomic mass is 10.2. The SMILES string of the molecule is O=C(OCc1noc(-c2ccsc2)n1)c1ccccc1-n1cnnn1. The molecule has 0 aliphatic rings. The number of carbonyl (C=O) groups is 1. The predicted octanol–water partition coefficient (Wildman–Crippen LogP) is 2.13. The minimum atomic E-state index is -0.534. The summed E-state index contributed by atoms with van der Waals surface area (Å²) in [4.78, 5) is 16.6. The fraction of sp³-hybridized carbons (Fsp3) is 0.0667. The Morgan fingerprint density at radius 3 is 3.00 bits per heavy atom. The quantitative estimate of drug-likeness (QED) is 0.501. The molecule has 0 unspecified atom stereocenters. The third-order valence-electron chi connectivity index (χ3n) is 3.29. The Labute approximate surface area is 144 Å². The second-order valence-electron chi connectivity index (χ2n) is 4.88. The van der Waals surface area contributed by atoms with Gasteiger partial charge in [0.15, 0.2) is 6.61 Å². The molecule has 124 valence electrons. The first-order valence-corrected chi connectivity index (χ1v) is 8.10. The van der Waals surface area contributed by atoms with Gasteiger partial charge in [0.2, 0.25) is 5.82 Å². The van der Waals surface area contributed by atoms with Crippen molar-refractivity contribution < 1.29 is 14.1 Å². The summed E-state index contributed by atoms with van der Waals surface area (Å²) in [5.74, 6) is 0.142. The number of nitrogens with zero attached hydrogens (tertiary/aromatic N) is 6. The number of hydrogen-bond acceptors (Lipinski definition) is 9. The molecule has 0 spiro atoms. The largest absolute Gasteiger partial charge is 0.454 e. The molecular formula is C15H10N6O3S. The molecule has 25 heavy (non-hydrogen) atoms. The zero-order chi connectivity index (χ0) is 17.1. The average Bonchev–Trinajstić information content (AvgIpc) is 3.41. The van der Waals surface area contributed by atoms with E-state index in [2.05, 4.69) is 25.7 Å². The first kappa shape index (κ1) is 15.1. The third kappa shape index (κ3) is 3.15. The van der Waals surface area contributed by atoms with E-state index in [1.54, 1.807) is 24.3 Å². The van der Waals surface area contributed by atoms with Crippen molar-refractivity contribution in [2.75, 3.05) is 0 Å². The Morgan fingerprint density at radius 1 is 1.28 bits per heavy atom. The van der Waals surface area contributed by atoms with Crippen molar-refractivity contribution in [3.05, 3.63) is 58.8 Å². The van der Waals surface area contributed by atoms with Crippen LogP contribution in [0.1, 0.15) is 16.2 Å². The molecule has 0 aliphatic heterocycles. The molecule has 0 N–H and O–H groups in total. The average molecular weight is 354 g/mol. The number of esters is 1. The Morgan fingerprint density at radius 2 is 2.20 bits per heavy atom. The predicted molar refractivity (Wildman–Crippen MR) is 85.9 cm³/mol. The monoisotopic (exact) mass is 354 g/mol. The number of benzene rings is 1. The van der Waals surface area contributed by atoms with Crippen LogP contribution in [0.15, 0.2) is 51.9 Å². The normalized spacial score (nSPS) is 10.7. The van der Waals surface area contributed by atoms with Gasteiger partial charge in [0, 0.05) is 5.38 Å². The third-order valence-corrected chi connectivity index (χ3v) is 3.97. The second-order valence-corrected chi connectivity index (χ2v) is 5.66. The van der Waals surface area contributed by atoms with Crippen LogP contribution in [0.4, 0.5) is 0 Å². The van der Waals surface area contributed by atoms with Crippen LogP contribution in [-0.2, 0) is 11.3 Å². The second kappa shape index (κ2) is 6.61. The van der Waals surface area contributed by atoms with E-state index >= 15 is 0 Å². The van der Waals surface area contributed by atoms with Gasteiger partial charge in [0.25, 0.3) is 5.89 Å². The fourth-order valence-electron chi connectivity index (χ4n) is 2.14. The van der Waals surface area contributed by atoms with Crippen molar-refractivity contribution in [2.24, 2.45) is 0 Å². The summed E-state index contributed by atoms with van der Waals surface area (Å²) in [6.07, 6.45) is 1.40. The Balaban J connectivity index is 1.48. The number of ether oxygens (including phenoxy) is 1. The van der Waals surface area contributed by atoms with Crippen molar-refractivity contribution in [1.29, 1.82) is 0 Å². The minimum Gasteiger partial charge on any atom is -0.454 e. The maximum absolute atomic E-state index is 12.4. The summed E-state index contributed by atoms with van der Waals surface area (Å²) < 4.78 is 11.8. The van der Waals surface area contributed by atoms with Crippen LogP contribution in [0.25, 0.3) is 17.1 Å². The molecule has 4 rings (SSSR count). The Kier molecular flexibility index (Phi) is 4.01. The van der Waals surface area contributed by atoms with Crippen LogP contribution in [0, 0.1) is 0 Å². The molecule has 10 heteroatoms. The van der Waals surface area contributed by atoms with Crippen LogP contribution in [0.3, 0.4) is 0 Å². The highest BCUT2D eigenvalue weighted by atomic mass is 32.1. The molecule has 0 atom stereocenters. The van der Waals surface area contributed by atoms with E-state index in [0.29, 0.717) is 17.1 Å². The van der Waals surface area contributed by atoms with Gasteiger partial charge in [-0.3, -0.25) is 0 Å². The van der Waals surface area contributed by atoms with Crippen molar-refractivity contribution in [3.63, 3.8) is 0 Å². The molecule has 3 aromatic heterocycles. The van der Waals surface area contributed by atoms with Gasteiger partial charge in [-0.15, -0.1) is 5.10 Å². The molecule has 0 radical (unpaired) electrons. The lowest BCUT2D eigenvalue weighted by Gasteiger charge is -2.07. The van der Waals surface area contributed by atoms with Crippen molar-refractivity contribution in [3.8, 4) is 17.1 Å². The van der Waals surface area contributed by atoms with E-state index < -0.39 is 5.97 Å². The van der Waals surface area contributed by atoms with Gasteiger partial charge in [0.1, 0.15) is 6.33 Å². The zero-order valence-corrected chi connectivity index (χ0v) is 13.5. The van der Waals surface area contributed by atoms with Crippen molar-refractivity contribution >= 4 is 17.3 Å². The first-order chi connectivity index (χ1) is 12.3. The standard InChI is InChI=1S/C15H10N6O3S/c22-15(11-3-1-2-4-12(11)21-9-16-19-20-21)23-7-13-17-14(24-18-13)10-5-6-25-8-10/h1-6,8-9H,7H2. The van der Waals surface area contributed by atoms with Crippen molar-refractivity contribution in [1.82, 2.24) is 30.3 Å². The van der Waals surface area contributed by atoms with Gasteiger partial charge < -0.3 is 9.26 Å². The van der Waals surface area contributed by atoms with Crippen LogP contribution < -0.4 is 0 Å². The molecule has 4 aromatic rings. The highest BCUT2D eigenvalue weighted by Gasteiger charge is 2.16. The van der Waals surface area contributed by atoms with Gasteiger partial charge in [0.05, 0.1) is 16.8 Å². The lowest BCUT2D eigenvalue weighted by molar-refractivity contribution is 0.0459. The molecule has 9 nitrogen and oxygen atoms in total. The molecule has 0 bridgehead atoms. The number of hydrogen-bond donors (Lipinski definition) is 0. The molecule has 1 aromatic carbocycles. The van der Waals surface area contributed by atoms with Gasteiger partial charge in [-0.25, -0.2) is 4.79 Å². The fourth-order valence-corrected chi connectivity index (χ4v) is 2.77. The van der Waals surface area contributed by atoms with Gasteiger partial charge >= 0.3 is 5.97 Å². The Hall–Kier alpha value is -3.40. The highest BCUT2D eigenvalue weighted by molar-refractivity contribution is 7.08. The number of rotatable bonds is 5. The van der Waals surface area contributed by atoms with Crippen LogP contribution in [0.5, 0.6) is 0 Å². The number of aromatic nitrogens is 6. The maximum atomic E-state index is 12.4. The number of thiophene rings is 1. The molecule has 3 heterocycles. The summed E-state index contributed by atoms with van der Waals surface area (Å²) in [6.45, 7) is -0.101. The summed E-state index contributed by atoms with van der Waals surface area (Å²) in [5.41, 5.74) is 1.68. The number of para-hydroxylation sites is 1. The zero-order valence-electron chi connectivity index (χ0n) is 12.6. The topological polar surface area (TPSA) is 109 Å². The lowest BCUT2D eigenvalue weighted by Crippen LogP contribution is -2.10. The van der Waals surface area contributed by atoms with Gasteiger partial charge in [-0.05, 0) is 34.0 Å². The summed E-state index contributed by atoms with van der Waals surface area (Å²) in [7, 11) is 0. The van der Waals surface area contributed by atoms with Gasteiger partial charge in [-0.2, -0.15) is 21.0 Å². The van der Waals surface area contributed by atoms with Crippen LogP contribution in [0.2, 0.25) is 0 Å². The molecule has 0 amide bonds. The van der Waals surface area contributed by atoms with E-state index in [1.165, 1.54) is 22.3 Å². The van der Waals surface area contributed by atoms with E-state index in [-0.39, 0.29) is 12.4 Å². The minimum absolute atomic E-state index is 0.101. The molecular weight excluding hydrogens is 344 g/mol. The Bertz CT molecular complexity index is 981. The van der Waals surface area contributed by atoms with E-state index in [0.717, 1.165) is 5.56 Å². The number of carbonyl (C=O) groups excluding carboxylic acids is 1. The van der Waals surface area contributed by atoms with E-state index in [9.17, 15) is 4.79 Å². The molecule has 0 fully saturated rings. The van der Waals surface area contributed by atoms with Crippen LogP contribution in [-0.4, -0.2) is 36.3 Å². The summed E-state index contributed by atoms with van der Waals surface area (Å²) >= 11 is 1.53. The van der Waals surface area contributed by atoms with Gasteiger partial charge in [-0.1, -0.05) is 17.3 Å². The smallest absolute Gasteiger partial charge is 0.340 e. The summed E-state index contributed by atoms with van der Waals surface area (Å²) in [5, 5.41) is 18.5. The molecule has 0 saturated heterocycles. The first-order valence-electron chi connectivity index (χ1n) is 7.16. The van der Waals surface area contributed by atoms with Crippen LogP contribution >= 0.6 is 11.3 Å². The van der Waals surface area contributed by atoms with Crippen molar-refractivity contribution in [2.45, 2.75) is 6.61 Å². The molecule has 0 saturated carbocycles. The molecule has 0 aliphatic carbocycles. The maximum Gasteiger partial charge on any atom is 0.340 e.